The van der Waals surface area contributed by atoms with E-state index in [1.165, 1.54) is 44.9 Å². The molecular formula is C16H30N2O3. The molecule has 0 fully saturated rings. The lowest BCUT2D eigenvalue weighted by molar-refractivity contribution is -0.775. The lowest BCUT2D eigenvalue weighted by Gasteiger charge is -2.37. The molecule has 1 aliphatic rings. The molecule has 5 heteroatoms. The van der Waals surface area contributed by atoms with Gasteiger partial charge in [-0.1, -0.05) is 58.3 Å². The fourth-order valence-corrected chi connectivity index (χ4v) is 2.86. The SMILES string of the molecule is CCCCCCCCCCCC1=NCC[N+]1([O-])CC(=O)O. The number of hydrogen-bond acceptors (Lipinski definition) is 3. The Morgan fingerprint density at radius 2 is 1.71 bits per heavy atom. The Hall–Kier alpha value is -0.940. The van der Waals surface area contributed by atoms with Crippen molar-refractivity contribution in [2.45, 2.75) is 71.1 Å². The highest BCUT2D eigenvalue weighted by molar-refractivity contribution is 5.80. The summed E-state index contributed by atoms with van der Waals surface area (Å²) in [6.45, 7) is 2.61. The maximum absolute atomic E-state index is 12.3. The summed E-state index contributed by atoms with van der Waals surface area (Å²) < 4.78 is -0.730. The molecule has 0 aliphatic carbocycles. The van der Waals surface area contributed by atoms with Gasteiger partial charge in [-0.3, -0.25) is 0 Å². The summed E-state index contributed by atoms with van der Waals surface area (Å²) in [7, 11) is 0. The molecule has 0 saturated heterocycles. The maximum Gasteiger partial charge on any atom is 0.360 e. The summed E-state index contributed by atoms with van der Waals surface area (Å²) in [5, 5.41) is 21.2. The number of hydroxylamine groups is 3. The van der Waals surface area contributed by atoms with Gasteiger partial charge in [-0.05, 0) is 6.42 Å². The summed E-state index contributed by atoms with van der Waals surface area (Å²) in [6.07, 6.45) is 11.8. The third kappa shape index (κ3) is 7.05. The van der Waals surface area contributed by atoms with Gasteiger partial charge in [0.2, 0.25) is 0 Å². The van der Waals surface area contributed by atoms with Crippen LogP contribution in [0, 0.1) is 5.21 Å². The zero-order chi connectivity index (χ0) is 15.6. The molecule has 0 saturated carbocycles. The first-order valence-corrected chi connectivity index (χ1v) is 8.42. The molecule has 1 heterocycles. The van der Waals surface area contributed by atoms with Crippen molar-refractivity contribution in [2.24, 2.45) is 4.99 Å². The fraction of sp³-hybridized carbons (Fsp3) is 0.875. The molecule has 21 heavy (non-hydrogen) atoms. The third-order valence-corrected chi connectivity index (χ3v) is 4.12. The molecule has 0 spiro atoms. The van der Waals surface area contributed by atoms with Crippen molar-refractivity contribution < 1.29 is 14.5 Å². The van der Waals surface area contributed by atoms with E-state index in [0.717, 1.165) is 12.8 Å². The minimum absolute atomic E-state index is 0.291. The lowest BCUT2D eigenvalue weighted by Crippen LogP contribution is -2.48. The van der Waals surface area contributed by atoms with Crippen LogP contribution in [-0.2, 0) is 4.79 Å². The molecule has 122 valence electrons. The van der Waals surface area contributed by atoms with Crippen LogP contribution < -0.4 is 0 Å². The number of aliphatic carboxylic acids is 1. The summed E-state index contributed by atoms with van der Waals surface area (Å²) in [5.41, 5.74) is 0. The van der Waals surface area contributed by atoms with Gasteiger partial charge in [0.05, 0.1) is 6.54 Å². The van der Waals surface area contributed by atoms with Gasteiger partial charge in [0.25, 0.3) is 0 Å². The van der Waals surface area contributed by atoms with Crippen LogP contribution >= 0.6 is 0 Å². The van der Waals surface area contributed by atoms with Crippen LogP contribution in [0.4, 0.5) is 0 Å². The first-order chi connectivity index (χ1) is 10.1. The molecule has 0 bridgehead atoms. The Morgan fingerprint density at radius 3 is 2.29 bits per heavy atom. The van der Waals surface area contributed by atoms with Gasteiger partial charge in [-0.25, -0.2) is 9.79 Å². The van der Waals surface area contributed by atoms with E-state index in [-0.39, 0.29) is 6.54 Å². The number of carboxylic acids is 1. The average molecular weight is 298 g/mol. The molecule has 0 aromatic rings. The zero-order valence-electron chi connectivity index (χ0n) is 13.4. The highest BCUT2D eigenvalue weighted by atomic mass is 16.6. The molecule has 0 radical (unpaired) electrons. The maximum atomic E-state index is 12.3. The second kappa shape index (κ2) is 9.90. The predicted molar refractivity (Wildman–Crippen MR) is 85.1 cm³/mol. The monoisotopic (exact) mass is 298 g/mol. The number of carbonyl (C=O) groups is 1. The molecule has 0 amide bonds. The number of nitrogens with zero attached hydrogens (tertiary/aromatic N) is 2. The van der Waals surface area contributed by atoms with Crippen LogP contribution in [0.2, 0.25) is 0 Å². The molecule has 5 nitrogen and oxygen atoms in total. The number of carboxylic acid groups (broad SMARTS) is 1. The van der Waals surface area contributed by atoms with Gasteiger partial charge in [0, 0.05) is 6.42 Å². The minimum Gasteiger partial charge on any atom is -0.626 e. The quantitative estimate of drug-likeness (QED) is 0.339. The lowest BCUT2D eigenvalue weighted by atomic mass is 10.1. The second-order valence-corrected chi connectivity index (χ2v) is 6.04. The number of amidine groups is 1. The smallest absolute Gasteiger partial charge is 0.360 e. The molecule has 1 unspecified atom stereocenters. The van der Waals surface area contributed by atoms with E-state index in [1.807, 2.05) is 0 Å². The Kier molecular flexibility index (Phi) is 8.54. The number of hydrogen-bond donors (Lipinski definition) is 1. The molecule has 1 N–H and O–H groups in total. The third-order valence-electron chi connectivity index (χ3n) is 4.12. The van der Waals surface area contributed by atoms with Gasteiger partial charge in [0.15, 0.2) is 12.4 Å². The first kappa shape index (κ1) is 18.1. The first-order valence-electron chi connectivity index (χ1n) is 8.42. The van der Waals surface area contributed by atoms with Gasteiger partial charge in [-0.2, -0.15) is 0 Å². The van der Waals surface area contributed by atoms with Gasteiger partial charge in [0.1, 0.15) is 6.54 Å². The number of quaternary nitrogens is 1. The van der Waals surface area contributed by atoms with Gasteiger partial charge in [-0.15, -0.1) is 0 Å². The molecule has 1 aliphatic heterocycles. The molecule has 1 atom stereocenters. The van der Waals surface area contributed by atoms with E-state index in [0.29, 0.717) is 25.3 Å². The molecular weight excluding hydrogens is 268 g/mol. The van der Waals surface area contributed by atoms with E-state index in [4.69, 9.17) is 5.11 Å². The van der Waals surface area contributed by atoms with Gasteiger partial charge < -0.3 is 15.0 Å². The van der Waals surface area contributed by atoms with Crippen LogP contribution in [0.15, 0.2) is 4.99 Å². The summed E-state index contributed by atoms with van der Waals surface area (Å²) >= 11 is 0. The molecule has 0 aromatic heterocycles. The van der Waals surface area contributed by atoms with Crippen LogP contribution in [0.25, 0.3) is 0 Å². The average Bonchev–Trinajstić information content (AvgIpc) is 2.77. The Bertz CT molecular complexity index is 344. The van der Waals surface area contributed by atoms with E-state index < -0.39 is 10.6 Å². The zero-order valence-corrected chi connectivity index (χ0v) is 13.4. The van der Waals surface area contributed by atoms with E-state index in [9.17, 15) is 10.0 Å². The van der Waals surface area contributed by atoms with Crippen molar-refractivity contribution in [3.63, 3.8) is 0 Å². The van der Waals surface area contributed by atoms with Crippen LogP contribution in [0.3, 0.4) is 0 Å². The van der Waals surface area contributed by atoms with Crippen molar-refractivity contribution in [1.29, 1.82) is 0 Å². The fourth-order valence-electron chi connectivity index (χ4n) is 2.86. The second-order valence-electron chi connectivity index (χ2n) is 6.04. The van der Waals surface area contributed by atoms with Crippen LogP contribution in [0.1, 0.15) is 71.1 Å². The van der Waals surface area contributed by atoms with Crippen molar-refractivity contribution >= 4 is 11.8 Å². The van der Waals surface area contributed by atoms with E-state index in [2.05, 4.69) is 11.9 Å². The largest absolute Gasteiger partial charge is 0.626 e. The van der Waals surface area contributed by atoms with Gasteiger partial charge >= 0.3 is 5.97 Å². The summed E-state index contributed by atoms with van der Waals surface area (Å²) in [5.74, 6) is -0.493. The predicted octanol–water partition coefficient (Wildman–Crippen LogP) is 3.72. The number of aliphatic imine (C=N–C) groups is 1. The number of rotatable bonds is 12. The van der Waals surface area contributed by atoms with Crippen LogP contribution in [0.5, 0.6) is 0 Å². The Labute approximate surface area is 128 Å². The van der Waals surface area contributed by atoms with E-state index in [1.54, 1.807) is 0 Å². The molecule has 0 aromatic carbocycles. The topological polar surface area (TPSA) is 72.7 Å². The standard InChI is InChI=1S/C16H30N2O3/c1-2-3-4-5-6-7-8-9-10-11-15-17-12-13-18(15,21)14-16(19)20/h2-14H2,1H3,(H,19,20). The highest BCUT2D eigenvalue weighted by Crippen LogP contribution is 2.18. The van der Waals surface area contributed by atoms with E-state index >= 15 is 0 Å². The van der Waals surface area contributed by atoms with Crippen LogP contribution in [-0.4, -0.2) is 41.2 Å². The normalized spacial score (nSPS) is 21.5. The number of unbranched alkanes of at least 4 members (excludes halogenated alkanes) is 8. The van der Waals surface area contributed by atoms with Crippen molar-refractivity contribution in [3.8, 4) is 0 Å². The Morgan fingerprint density at radius 1 is 1.14 bits per heavy atom. The minimum atomic E-state index is -1.04. The Balaban J connectivity index is 2.08. The van der Waals surface area contributed by atoms with Crippen molar-refractivity contribution in [2.75, 3.05) is 19.6 Å². The highest BCUT2D eigenvalue weighted by Gasteiger charge is 2.31. The van der Waals surface area contributed by atoms with Crippen molar-refractivity contribution in [3.05, 3.63) is 5.21 Å². The summed E-state index contributed by atoms with van der Waals surface area (Å²) in [4.78, 5) is 15.0. The summed E-state index contributed by atoms with van der Waals surface area (Å²) in [6, 6.07) is 0. The van der Waals surface area contributed by atoms with Crippen molar-refractivity contribution in [1.82, 2.24) is 0 Å². The molecule has 1 rings (SSSR count).